The Labute approximate surface area is 124 Å². The van der Waals surface area contributed by atoms with Crippen molar-refractivity contribution in [1.82, 2.24) is 14.7 Å². The van der Waals surface area contributed by atoms with Gasteiger partial charge in [0.2, 0.25) is 0 Å². The van der Waals surface area contributed by atoms with Gasteiger partial charge < -0.3 is 5.32 Å². The number of nitrogens with zero attached hydrogens (tertiary/aromatic N) is 2. The zero-order valence-corrected chi connectivity index (χ0v) is 13.2. The van der Waals surface area contributed by atoms with E-state index in [2.05, 4.69) is 33.9 Å². The number of hydrogen-bond acceptors (Lipinski definition) is 3. The molecule has 0 atom stereocenters. The second-order valence-electron chi connectivity index (χ2n) is 6.61. The molecule has 2 fully saturated rings. The minimum atomic E-state index is 0.947. The van der Waals surface area contributed by atoms with E-state index in [1.165, 1.54) is 49.3 Å². The Morgan fingerprint density at radius 1 is 1.30 bits per heavy atom. The third-order valence-electron chi connectivity index (χ3n) is 4.96. The maximum absolute atomic E-state index is 4.67. The van der Waals surface area contributed by atoms with Crippen LogP contribution in [0.3, 0.4) is 0 Å². The first kappa shape index (κ1) is 12.8. The normalized spacial score (nSPS) is 19.4. The average molecular weight is 289 g/mol. The SMILES string of the molecule is Cc1nc2scc(C)n2c1CNCC(C1CC1)C1CC1. The molecule has 4 rings (SSSR count). The molecule has 20 heavy (non-hydrogen) atoms. The number of nitrogens with one attached hydrogen (secondary N) is 1. The van der Waals surface area contributed by atoms with E-state index >= 15 is 0 Å². The molecule has 0 unspecified atom stereocenters. The Kier molecular flexibility index (Phi) is 3.11. The van der Waals surface area contributed by atoms with E-state index in [1.54, 1.807) is 11.3 Å². The molecule has 3 nitrogen and oxygen atoms in total. The van der Waals surface area contributed by atoms with Gasteiger partial charge in [-0.3, -0.25) is 4.40 Å². The Balaban J connectivity index is 1.44. The summed E-state index contributed by atoms with van der Waals surface area (Å²) in [4.78, 5) is 5.80. The lowest BCUT2D eigenvalue weighted by atomic mass is 9.98. The predicted molar refractivity (Wildman–Crippen MR) is 83.2 cm³/mol. The van der Waals surface area contributed by atoms with Gasteiger partial charge in [0.05, 0.1) is 11.4 Å². The van der Waals surface area contributed by atoms with E-state index in [-0.39, 0.29) is 0 Å². The van der Waals surface area contributed by atoms with Crippen molar-refractivity contribution < 1.29 is 0 Å². The lowest BCUT2D eigenvalue weighted by Crippen LogP contribution is -2.26. The first-order valence-electron chi connectivity index (χ1n) is 7.87. The fourth-order valence-corrected chi connectivity index (χ4v) is 4.43. The molecule has 2 heterocycles. The van der Waals surface area contributed by atoms with Crippen molar-refractivity contribution in [3.8, 4) is 0 Å². The summed E-state index contributed by atoms with van der Waals surface area (Å²) in [6.07, 6.45) is 5.90. The molecule has 108 valence electrons. The second kappa shape index (κ2) is 4.85. The zero-order valence-electron chi connectivity index (χ0n) is 12.4. The molecule has 2 aliphatic rings. The van der Waals surface area contributed by atoms with Crippen molar-refractivity contribution in [2.45, 2.75) is 46.1 Å². The fraction of sp³-hybridized carbons (Fsp3) is 0.688. The van der Waals surface area contributed by atoms with Gasteiger partial charge in [-0.15, -0.1) is 11.3 Å². The first-order chi connectivity index (χ1) is 9.74. The van der Waals surface area contributed by atoms with Crippen LogP contribution in [0, 0.1) is 31.6 Å². The Bertz CT molecular complexity index is 607. The third-order valence-corrected chi connectivity index (χ3v) is 5.90. The molecule has 0 aromatic carbocycles. The number of thiazole rings is 1. The van der Waals surface area contributed by atoms with Crippen LogP contribution in [0.1, 0.15) is 42.8 Å². The van der Waals surface area contributed by atoms with Crippen molar-refractivity contribution in [3.63, 3.8) is 0 Å². The molecule has 2 saturated carbocycles. The summed E-state index contributed by atoms with van der Waals surface area (Å²) in [6, 6.07) is 0. The fourth-order valence-electron chi connectivity index (χ4n) is 3.50. The van der Waals surface area contributed by atoms with Gasteiger partial charge in [-0.2, -0.15) is 0 Å². The summed E-state index contributed by atoms with van der Waals surface area (Å²) in [5.41, 5.74) is 3.84. The zero-order chi connectivity index (χ0) is 13.7. The largest absolute Gasteiger partial charge is 0.311 e. The summed E-state index contributed by atoms with van der Waals surface area (Å²) in [5.74, 6) is 3.01. The van der Waals surface area contributed by atoms with Crippen LogP contribution in [0.15, 0.2) is 5.38 Å². The standard InChI is InChI=1S/C16H23N3S/c1-10-9-20-16-18-11(2)15(19(10)16)8-17-7-14(12-3-4-12)13-5-6-13/h9,12-14,17H,3-8H2,1-2H3. The Morgan fingerprint density at radius 3 is 2.65 bits per heavy atom. The number of imidazole rings is 1. The molecular weight excluding hydrogens is 266 g/mol. The molecule has 0 saturated heterocycles. The number of aryl methyl sites for hydroxylation is 2. The van der Waals surface area contributed by atoms with Gasteiger partial charge in [-0.1, -0.05) is 0 Å². The van der Waals surface area contributed by atoms with Crippen molar-refractivity contribution in [2.24, 2.45) is 17.8 Å². The number of aromatic nitrogens is 2. The summed E-state index contributed by atoms with van der Waals surface area (Å²) >= 11 is 1.74. The highest BCUT2D eigenvalue weighted by molar-refractivity contribution is 7.15. The lowest BCUT2D eigenvalue weighted by molar-refractivity contribution is 0.377. The molecule has 0 radical (unpaired) electrons. The van der Waals surface area contributed by atoms with Gasteiger partial charge in [0.15, 0.2) is 4.96 Å². The molecule has 4 heteroatoms. The van der Waals surface area contributed by atoms with Crippen LogP contribution in [-0.4, -0.2) is 15.9 Å². The lowest BCUT2D eigenvalue weighted by Gasteiger charge is -2.16. The molecular formula is C16H23N3S. The number of fused-ring (bicyclic) bond motifs is 1. The van der Waals surface area contributed by atoms with Crippen LogP contribution in [-0.2, 0) is 6.54 Å². The topological polar surface area (TPSA) is 29.3 Å². The molecule has 1 N–H and O–H groups in total. The van der Waals surface area contributed by atoms with Gasteiger partial charge in [-0.05, 0) is 63.8 Å². The Hall–Kier alpha value is -0.870. The van der Waals surface area contributed by atoms with Crippen LogP contribution < -0.4 is 5.32 Å². The van der Waals surface area contributed by atoms with Crippen LogP contribution in [0.5, 0.6) is 0 Å². The molecule has 0 bridgehead atoms. The van der Waals surface area contributed by atoms with Crippen LogP contribution in [0.4, 0.5) is 0 Å². The average Bonchev–Trinajstić information content (AvgIpc) is 3.32. The summed E-state index contributed by atoms with van der Waals surface area (Å²) in [5, 5.41) is 5.92. The number of rotatable bonds is 6. The maximum Gasteiger partial charge on any atom is 0.194 e. The van der Waals surface area contributed by atoms with Crippen LogP contribution >= 0.6 is 11.3 Å². The highest BCUT2D eigenvalue weighted by Crippen LogP contribution is 2.48. The Morgan fingerprint density at radius 2 is 2.00 bits per heavy atom. The molecule has 0 amide bonds. The van der Waals surface area contributed by atoms with Gasteiger partial charge in [-0.25, -0.2) is 4.98 Å². The molecule has 2 aromatic rings. The van der Waals surface area contributed by atoms with E-state index in [4.69, 9.17) is 0 Å². The minimum absolute atomic E-state index is 0.947. The predicted octanol–water partition coefficient (Wildman–Crippen LogP) is 3.54. The smallest absolute Gasteiger partial charge is 0.194 e. The van der Waals surface area contributed by atoms with Crippen molar-refractivity contribution >= 4 is 16.3 Å². The van der Waals surface area contributed by atoms with E-state index in [1.807, 2.05) is 0 Å². The van der Waals surface area contributed by atoms with Crippen molar-refractivity contribution in [2.75, 3.05) is 6.54 Å². The van der Waals surface area contributed by atoms with Crippen LogP contribution in [0.2, 0.25) is 0 Å². The maximum atomic E-state index is 4.67. The third kappa shape index (κ3) is 2.29. The monoisotopic (exact) mass is 289 g/mol. The van der Waals surface area contributed by atoms with E-state index in [9.17, 15) is 0 Å². The molecule has 2 aliphatic carbocycles. The van der Waals surface area contributed by atoms with Gasteiger partial charge >= 0.3 is 0 Å². The van der Waals surface area contributed by atoms with Crippen molar-refractivity contribution in [1.29, 1.82) is 0 Å². The highest BCUT2D eigenvalue weighted by atomic mass is 32.1. The van der Waals surface area contributed by atoms with E-state index < -0.39 is 0 Å². The summed E-state index contributed by atoms with van der Waals surface area (Å²) < 4.78 is 2.32. The summed E-state index contributed by atoms with van der Waals surface area (Å²) in [7, 11) is 0. The molecule has 2 aromatic heterocycles. The van der Waals surface area contributed by atoms with E-state index in [0.717, 1.165) is 29.3 Å². The quantitative estimate of drug-likeness (QED) is 0.881. The highest BCUT2D eigenvalue weighted by Gasteiger charge is 2.40. The second-order valence-corrected chi connectivity index (χ2v) is 7.45. The molecule has 0 spiro atoms. The van der Waals surface area contributed by atoms with Gasteiger partial charge in [0.1, 0.15) is 0 Å². The first-order valence-corrected chi connectivity index (χ1v) is 8.74. The van der Waals surface area contributed by atoms with Crippen molar-refractivity contribution in [3.05, 3.63) is 22.5 Å². The van der Waals surface area contributed by atoms with E-state index in [0.29, 0.717) is 0 Å². The van der Waals surface area contributed by atoms with Gasteiger partial charge in [0, 0.05) is 17.6 Å². The number of hydrogen-bond donors (Lipinski definition) is 1. The van der Waals surface area contributed by atoms with Gasteiger partial charge in [0.25, 0.3) is 0 Å². The summed E-state index contributed by atoms with van der Waals surface area (Å²) in [6.45, 7) is 6.46. The van der Waals surface area contributed by atoms with Crippen LogP contribution in [0.25, 0.3) is 4.96 Å². The molecule has 0 aliphatic heterocycles. The minimum Gasteiger partial charge on any atom is -0.311 e.